The van der Waals surface area contributed by atoms with Crippen LogP contribution >= 0.6 is 0 Å². The normalized spacial score (nSPS) is 29.4. The van der Waals surface area contributed by atoms with Gasteiger partial charge in [-0.1, -0.05) is 30.3 Å². The van der Waals surface area contributed by atoms with Crippen molar-refractivity contribution in [3.8, 4) is 5.75 Å². The number of carbonyl (C=O) groups is 2. The lowest BCUT2D eigenvalue weighted by molar-refractivity contribution is -0.128. The van der Waals surface area contributed by atoms with Gasteiger partial charge in [0.15, 0.2) is 12.4 Å². The van der Waals surface area contributed by atoms with Crippen LogP contribution in [0, 0.1) is 17.8 Å². The Hall–Kier alpha value is -2.62. The fourth-order valence-electron chi connectivity index (χ4n) is 6.20. The third-order valence-corrected chi connectivity index (χ3v) is 6.97. The molecule has 150 valence electrons. The Kier molecular flexibility index (Phi) is 4.65. The number of hydrogen-bond donors (Lipinski definition) is 1. The van der Waals surface area contributed by atoms with Crippen LogP contribution in [-0.4, -0.2) is 23.8 Å². The van der Waals surface area contributed by atoms with E-state index in [0.29, 0.717) is 16.9 Å². The van der Waals surface area contributed by atoms with E-state index in [1.165, 1.54) is 19.3 Å². The van der Waals surface area contributed by atoms with Gasteiger partial charge in [0.2, 0.25) is 0 Å². The molecule has 0 saturated heterocycles. The molecule has 4 heteroatoms. The molecular weight excluding hydrogens is 362 g/mol. The maximum Gasteiger partial charge on any atom is 0.258 e. The number of rotatable bonds is 6. The number of benzene rings is 2. The molecule has 0 unspecified atom stereocenters. The molecule has 0 heterocycles. The first-order valence-corrected chi connectivity index (χ1v) is 10.7. The Bertz CT molecular complexity index is 868. The quantitative estimate of drug-likeness (QED) is 0.746. The first-order valence-electron chi connectivity index (χ1n) is 10.7. The van der Waals surface area contributed by atoms with Crippen LogP contribution < -0.4 is 10.1 Å². The molecule has 4 nitrogen and oxygen atoms in total. The van der Waals surface area contributed by atoms with Gasteiger partial charge < -0.3 is 10.1 Å². The van der Waals surface area contributed by atoms with Crippen LogP contribution in [0.4, 0.5) is 0 Å². The minimum Gasteiger partial charge on any atom is -0.484 e. The van der Waals surface area contributed by atoms with Crippen molar-refractivity contribution in [3.63, 3.8) is 0 Å². The number of amides is 1. The highest BCUT2D eigenvalue weighted by Crippen LogP contribution is 2.55. The van der Waals surface area contributed by atoms with Gasteiger partial charge in [-0.3, -0.25) is 9.59 Å². The maximum atomic E-state index is 12.6. The Morgan fingerprint density at radius 1 is 0.828 bits per heavy atom. The average Bonchev–Trinajstić information content (AvgIpc) is 2.71. The number of hydrogen-bond acceptors (Lipinski definition) is 3. The molecule has 0 aromatic heterocycles. The van der Waals surface area contributed by atoms with Gasteiger partial charge in [0, 0.05) is 16.7 Å². The van der Waals surface area contributed by atoms with Crippen molar-refractivity contribution < 1.29 is 14.3 Å². The van der Waals surface area contributed by atoms with Crippen LogP contribution in [0.15, 0.2) is 54.6 Å². The number of nitrogens with one attached hydrogen (secondary N) is 1. The van der Waals surface area contributed by atoms with Gasteiger partial charge in [0.1, 0.15) is 5.75 Å². The van der Waals surface area contributed by atoms with Crippen molar-refractivity contribution in [1.82, 2.24) is 5.32 Å². The molecule has 0 spiro atoms. The van der Waals surface area contributed by atoms with E-state index in [-0.39, 0.29) is 23.8 Å². The zero-order valence-corrected chi connectivity index (χ0v) is 16.6. The van der Waals surface area contributed by atoms with Crippen molar-refractivity contribution in [1.29, 1.82) is 0 Å². The fraction of sp³-hybridized carbons (Fsp3) is 0.440. The molecule has 4 bridgehead atoms. The molecule has 6 rings (SSSR count). The molecule has 0 aliphatic heterocycles. The molecule has 1 N–H and O–H groups in total. The third kappa shape index (κ3) is 3.81. The molecule has 0 atom stereocenters. The number of ether oxygens (including phenoxy) is 1. The number of ketones is 1. The Labute approximate surface area is 171 Å². The summed E-state index contributed by atoms with van der Waals surface area (Å²) in [6, 6.07) is 16.2. The summed E-state index contributed by atoms with van der Waals surface area (Å²) in [5, 5.41) is 3.33. The standard InChI is InChI=1S/C25H27NO3/c27-23(26-25-13-17-10-18(14-25)12-19(11-17)15-25)16-29-22-8-6-21(7-9-22)24(28)20-4-2-1-3-5-20/h1-9,17-19H,10-16H2,(H,26,27). The van der Waals surface area contributed by atoms with E-state index >= 15 is 0 Å². The van der Waals surface area contributed by atoms with Gasteiger partial charge in [-0.05, 0) is 80.5 Å². The van der Waals surface area contributed by atoms with Crippen LogP contribution in [0.5, 0.6) is 5.75 Å². The third-order valence-electron chi connectivity index (χ3n) is 6.97. The van der Waals surface area contributed by atoms with Gasteiger partial charge in [0.05, 0.1) is 0 Å². The van der Waals surface area contributed by atoms with Gasteiger partial charge in [-0.2, -0.15) is 0 Å². The zero-order chi connectivity index (χ0) is 19.8. The topological polar surface area (TPSA) is 55.4 Å². The van der Waals surface area contributed by atoms with E-state index in [9.17, 15) is 9.59 Å². The summed E-state index contributed by atoms with van der Waals surface area (Å²) in [5.41, 5.74) is 1.29. The van der Waals surface area contributed by atoms with Gasteiger partial charge >= 0.3 is 0 Å². The van der Waals surface area contributed by atoms with Gasteiger partial charge in [-0.25, -0.2) is 0 Å². The second-order valence-electron chi connectivity index (χ2n) is 9.25. The van der Waals surface area contributed by atoms with Crippen LogP contribution in [0.25, 0.3) is 0 Å². The van der Waals surface area contributed by atoms with Crippen LogP contribution in [0.1, 0.15) is 54.4 Å². The highest BCUT2D eigenvalue weighted by Gasteiger charge is 2.51. The van der Waals surface area contributed by atoms with Crippen molar-refractivity contribution >= 4 is 11.7 Å². The van der Waals surface area contributed by atoms with Gasteiger partial charge in [0.25, 0.3) is 5.91 Å². The van der Waals surface area contributed by atoms with E-state index in [1.54, 1.807) is 24.3 Å². The van der Waals surface area contributed by atoms with Gasteiger partial charge in [-0.15, -0.1) is 0 Å². The van der Waals surface area contributed by atoms with Crippen molar-refractivity contribution in [3.05, 3.63) is 65.7 Å². The Morgan fingerprint density at radius 2 is 1.38 bits per heavy atom. The molecule has 4 saturated carbocycles. The Morgan fingerprint density at radius 3 is 1.97 bits per heavy atom. The predicted octanol–water partition coefficient (Wildman–Crippen LogP) is 4.38. The molecular formula is C25H27NO3. The monoisotopic (exact) mass is 389 g/mol. The second-order valence-corrected chi connectivity index (χ2v) is 9.25. The average molecular weight is 389 g/mol. The lowest BCUT2D eigenvalue weighted by atomic mass is 9.53. The van der Waals surface area contributed by atoms with E-state index in [4.69, 9.17) is 4.74 Å². The lowest BCUT2D eigenvalue weighted by Gasteiger charge is -2.56. The van der Waals surface area contributed by atoms with Crippen LogP contribution in [0.2, 0.25) is 0 Å². The first kappa shape index (κ1) is 18.4. The van der Waals surface area contributed by atoms with E-state index in [1.807, 2.05) is 30.3 Å². The summed E-state index contributed by atoms with van der Waals surface area (Å²) in [5.74, 6) is 2.97. The molecule has 4 aliphatic rings. The first-order chi connectivity index (χ1) is 14.1. The summed E-state index contributed by atoms with van der Waals surface area (Å²) in [7, 11) is 0. The number of carbonyl (C=O) groups excluding carboxylic acids is 2. The summed E-state index contributed by atoms with van der Waals surface area (Å²) < 4.78 is 5.70. The molecule has 4 aliphatic carbocycles. The van der Waals surface area contributed by atoms with E-state index in [0.717, 1.165) is 37.0 Å². The lowest BCUT2D eigenvalue weighted by Crippen LogP contribution is -2.60. The predicted molar refractivity (Wildman–Crippen MR) is 111 cm³/mol. The van der Waals surface area contributed by atoms with Crippen molar-refractivity contribution in [2.24, 2.45) is 17.8 Å². The molecule has 4 fully saturated rings. The molecule has 1 amide bonds. The minimum atomic E-state index is -0.0311. The summed E-state index contributed by atoms with van der Waals surface area (Å²) in [6.07, 6.45) is 7.50. The SMILES string of the molecule is O=C(COc1ccc(C(=O)c2ccccc2)cc1)NC12CC3CC(CC(C3)C1)C2. The zero-order valence-electron chi connectivity index (χ0n) is 16.6. The maximum absolute atomic E-state index is 12.6. The summed E-state index contributed by atoms with van der Waals surface area (Å²) in [6.45, 7) is 0.0216. The van der Waals surface area contributed by atoms with Crippen molar-refractivity contribution in [2.75, 3.05) is 6.61 Å². The highest BCUT2D eigenvalue weighted by atomic mass is 16.5. The van der Waals surface area contributed by atoms with E-state index < -0.39 is 0 Å². The fourth-order valence-corrected chi connectivity index (χ4v) is 6.20. The molecule has 2 aromatic rings. The highest BCUT2D eigenvalue weighted by molar-refractivity contribution is 6.08. The largest absolute Gasteiger partial charge is 0.484 e. The smallest absolute Gasteiger partial charge is 0.258 e. The molecule has 2 aromatic carbocycles. The van der Waals surface area contributed by atoms with Crippen LogP contribution in [-0.2, 0) is 4.79 Å². The summed E-state index contributed by atoms with van der Waals surface area (Å²) in [4.78, 5) is 25.0. The second kappa shape index (κ2) is 7.33. The summed E-state index contributed by atoms with van der Waals surface area (Å²) >= 11 is 0. The van der Waals surface area contributed by atoms with Crippen LogP contribution in [0.3, 0.4) is 0 Å². The molecule has 29 heavy (non-hydrogen) atoms. The van der Waals surface area contributed by atoms with Crippen molar-refractivity contribution in [2.45, 2.75) is 44.1 Å². The Balaban J connectivity index is 1.17. The molecule has 0 radical (unpaired) electrons. The van der Waals surface area contributed by atoms with E-state index in [2.05, 4.69) is 5.32 Å². The minimum absolute atomic E-state index is 0.0150.